The number of methoxy groups -OCH3 is 1. The Morgan fingerprint density at radius 2 is 2.05 bits per heavy atom. The van der Waals surface area contributed by atoms with Crippen molar-refractivity contribution in [3.05, 3.63) is 23.8 Å². The Kier molecular flexibility index (Phi) is 5.34. The number of hydrogen-bond donors (Lipinski definition) is 1. The summed E-state index contributed by atoms with van der Waals surface area (Å²) in [5, 5.41) is 8.77. The maximum Gasteiger partial charge on any atom is 0.441 e. The second-order valence-electron chi connectivity index (χ2n) is 3.31. The van der Waals surface area contributed by atoms with Gasteiger partial charge in [0.15, 0.2) is 11.5 Å². The summed E-state index contributed by atoms with van der Waals surface area (Å²) in [6.45, 7) is -0.160. The van der Waals surface area contributed by atoms with Crippen molar-refractivity contribution in [2.75, 3.05) is 19.5 Å². The number of ether oxygens (including phenoxy) is 2. The molecule has 0 spiro atoms. The summed E-state index contributed by atoms with van der Waals surface area (Å²) in [5.74, 6) is -1.02. The zero-order chi connectivity index (χ0) is 14.5. The van der Waals surface area contributed by atoms with Crippen LogP contribution in [0.2, 0.25) is 0 Å². The van der Waals surface area contributed by atoms with Crippen LogP contribution in [0.25, 0.3) is 0 Å². The van der Waals surface area contributed by atoms with Gasteiger partial charge in [0, 0.05) is 5.75 Å². The van der Waals surface area contributed by atoms with E-state index in [0.29, 0.717) is 0 Å². The van der Waals surface area contributed by atoms with Gasteiger partial charge in [0.25, 0.3) is 0 Å². The van der Waals surface area contributed by atoms with E-state index >= 15 is 0 Å². The standard InChI is InChI=1S/C11H11F3O4S/c1-17-9-6-7(10(15)16)2-3-8(9)18-4-5-19-11(12,13)14/h2-3,6H,4-5H2,1H3,(H,15,16). The summed E-state index contributed by atoms with van der Waals surface area (Å²) >= 11 is -0.186. The van der Waals surface area contributed by atoms with Crippen LogP contribution in [0.15, 0.2) is 18.2 Å². The van der Waals surface area contributed by atoms with E-state index in [4.69, 9.17) is 14.6 Å². The van der Waals surface area contributed by atoms with E-state index in [9.17, 15) is 18.0 Å². The molecule has 0 saturated heterocycles. The number of aromatic carboxylic acids is 1. The fourth-order valence-corrected chi connectivity index (χ4v) is 1.63. The van der Waals surface area contributed by atoms with Gasteiger partial charge < -0.3 is 14.6 Å². The average Bonchev–Trinajstić information content (AvgIpc) is 2.33. The van der Waals surface area contributed by atoms with Crippen LogP contribution >= 0.6 is 11.8 Å². The topological polar surface area (TPSA) is 55.8 Å². The van der Waals surface area contributed by atoms with Gasteiger partial charge in [-0.2, -0.15) is 13.2 Å². The second kappa shape index (κ2) is 6.55. The summed E-state index contributed by atoms with van der Waals surface area (Å²) in [6, 6.07) is 3.88. The number of alkyl halides is 3. The van der Waals surface area contributed by atoms with Crippen LogP contribution in [0.3, 0.4) is 0 Å². The van der Waals surface area contributed by atoms with Crippen molar-refractivity contribution in [2.45, 2.75) is 5.51 Å². The number of rotatable bonds is 6. The molecule has 0 aliphatic rings. The molecular weight excluding hydrogens is 285 g/mol. The third-order valence-corrected chi connectivity index (χ3v) is 2.72. The molecule has 1 N–H and O–H groups in total. The van der Waals surface area contributed by atoms with Crippen molar-refractivity contribution < 1.29 is 32.5 Å². The van der Waals surface area contributed by atoms with Crippen LogP contribution in [-0.4, -0.2) is 36.1 Å². The highest BCUT2D eigenvalue weighted by Gasteiger charge is 2.27. The molecule has 0 unspecified atom stereocenters. The van der Waals surface area contributed by atoms with E-state index in [2.05, 4.69) is 0 Å². The smallest absolute Gasteiger partial charge is 0.441 e. The Hall–Kier alpha value is -1.57. The summed E-state index contributed by atoms with van der Waals surface area (Å²) < 4.78 is 45.7. The SMILES string of the molecule is COc1cc(C(=O)O)ccc1OCCSC(F)(F)F. The molecule has 1 rings (SSSR count). The third-order valence-electron chi connectivity index (χ3n) is 2.02. The van der Waals surface area contributed by atoms with Crippen LogP contribution in [0.5, 0.6) is 11.5 Å². The van der Waals surface area contributed by atoms with E-state index in [-0.39, 0.29) is 41.2 Å². The predicted octanol–water partition coefficient (Wildman–Crippen LogP) is 3.03. The predicted molar refractivity (Wildman–Crippen MR) is 64.0 cm³/mol. The average molecular weight is 296 g/mol. The van der Waals surface area contributed by atoms with Gasteiger partial charge in [-0.25, -0.2) is 4.79 Å². The maximum absolute atomic E-state index is 11.9. The number of halogens is 3. The summed E-state index contributed by atoms with van der Waals surface area (Å²) in [7, 11) is 1.32. The first-order valence-corrected chi connectivity index (χ1v) is 6.07. The molecule has 0 aromatic heterocycles. The van der Waals surface area contributed by atoms with Gasteiger partial charge in [-0.15, -0.1) is 0 Å². The van der Waals surface area contributed by atoms with Crippen molar-refractivity contribution in [1.82, 2.24) is 0 Å². The van der Waals surface area contributed by atoms with Crippen LogP contribution in [0.1, 0.15) is 10.4 Å². The molecular formula is C11H11F3O4S. The van der Waals surface area contributed by atoms with Gasteiger partial charge in [-0.3, -0.25) is 0 Å². The zero-order valence-corrected chi connectivity index (χ0v) is 10.7. The highest BCUT2D eigenvalue weighted by Crippen LogP contribution is 2.31. The minimum absolute atomic E-state index is 0.00821. The Bertz CT molecular complexity index is 448. The molecule has 4 nitrogen and oxygen atoms in total. The molecule has 0 heterocycles. The lowest BCUT2D eigenvalue weighted by Crippen LogP contribution is -2.08. The Balaban J connectivity index is 2.61. The van der Waals surface area contributed by atoms with Gasteiger partial charge >= 0.3 is 11.5 Å². The van der Waals surface area contributed by atoms with Gasteiger partial charge in [-0.1, -0.05) is 0 Å². The first-order chi connectivity index (χ1) is 8.83. The van der Waals surface area contributed by atoms with Gasteiger partial charge in [0.05, 0.1) is 19.3 Å². The number of carbonyl (C=O) groups is 1. The molecule has 0 saturated carbocycles. The summed E-state index contributed by atoms with van der Waals surface area (Å²) in [6.07, 6.45) is 0. The Labute approximate surface area is 111 Å². The van der Waals surface area contributed by atoms with Crippen LogP contribution in [-0.2, 0) is 0 Å². The fourth-order valence-electron chi connectivity index (χ4n) is 1.23. The highest BCUT2D eigenvalue weighted by atomic mass is 32.2. The number of carboxylic acids is 1. The second-order valence-corrected chi connectivity index (χ2v) is 4.47. The lowest BCUT2D eigenvalue weighted by Gasteiger charge is -2.11. The maximum atomic E-state index is 11.9. The van der Waals surface area contributed by atoms with Crippen molar-refractivity contribution in [3.8, 4) is 11.5 Å². The summed E-state index contributed by atoms with van der Waals surface area (Å²) in [5.41, 5.74) is -4.28. The molecule has 0 fully saturated rings. The molecule has 0 aliphatic carbocycles. The lowest BCUT2D eigenvalue weighted by molar-refractivity contribution is -0.0329. The molecule has 19 heavy (non-hydrogen) atoms. The van der Waals surface area contributed by atoms with Crippen LogP contribution in [0.4, 0.5) is 13.2 Å². The van der Waals surface area contributed by atoms with Crippen molar-refractivity contribution in [3.63, 3.8) is 0 Å². The van der Waals surface area contributed by atoms with E-state index in [1.165, 1.54) is 25.3 Å². The van der Waals surface area contributed by atoms with Crippen LogP contribution in [0, 0.1) is 0 Å². The molecule has 0 amide bonds. The zero-order valence-electron chi connectivity index (χ0n) is 9.86. The van der Waals surface area contributed by atoms with Crippen molar-refractivity contribution in [2.24, 2.45) is 0 Å². The van der Waals surface area contributed by atoms with E-state index in [1.54, 1.807) is 0 Å². The number of thioether (sulfide) groups is 1. The lowest BCUT2D eigenvalue weighted by atomic mass is 10.2. The fraction of sp³-hybridized carbons (Fsp3) is 0.364. The molecule has 8 heteroatoms. The number of hydrogen-bond acceptors (Lipinski definition) is 4. The minimum atomic E-state index is -4.29. The first kappa shape index (κ1) is 15.5. The normalized spacial score (nSPS) is 11.2. The highest BCUT2D eigenvalue weighted by molar-refractivity contribution is 8.00. The Morgan fingerprint density at radius 1 is 1.37 bits per heavy atom. The van der Waals surface area contributed by atoms with E-state index in [1.807, 2.05) is 0 Å². The molecule has 0 radical (unpaired) electrons. The number of benzene rings is 1. The molecule has 1 aromatic rings. The van der Waals surface area contributed by atoms with E-state index < -0.39 is 11.5 Å². The Morgan fingerprint density at radius 3 is 2.58 bits per heavy atom. The molecule has 106 valence electrons. The molecule has 0 atom stereocenters. The summed E-state index contributed by atoms with van der Waals surface area (Å²) in [4.78, 5) is 10.7. The monoisotopic (exact) mass is 296 g/mol. The van der Waals surface area contributed by atoms with Crippen LogP contribution < -0.4 is 9.47 Å². The molecule has 0 aliphatic heterocycles. The van der Waals surface area contributed by atoms with Crippen molar-refractivity contribution >= 4 is 17.7 Å². The number of carboxylic acid groups (broad SMARTS) is 1. The molecule has 1 aromatic carbocycles. The van der Waals surface area contributed by atoms with Crippen molar-refractivity contribution in [1.29, 1.82) is 0 Å². The minimum Gasteiger partial charge on any atom is -0.493 e. The van der Waals surface area contributed by atoms with Gasteiger partial charge in [0.1, 0.15) is 0 Å². The van der Waals surface area contributed by atoms with E-state index in [0.717, 1.165) is 0 Å². The third kappa shape index (κ3) is 5.29. The first-order valence-electron chi connectivity index (χ1n) is 5.08. The van der Waals surface area contributed by atoms with Gasteiger partial charge in [-0.05, 0) is 30.0 Å². The quantitative estimate of drug-likeness (QED) is 0.818. The molecule has 0 bridgehead atoms. The largest absolute Gasteiger partial charge is 0.493 e. The van der Waals surface area contributed by atoms with Gasteiger partial charge in [0.2, 0.25) is 0 Å².